The van der Waals surface area contributed by atoms with E-state index in [0.29, 0.717) is 5.75 Å². The number of phenolic OH excluding ortho intramolecular Hbond substituents is 1. The SMILES string of the molecule is CCCC(C)(Oc1ccc(/C=N/N(C)P(=S)(Cl)Cl)cc1)[P+](=S)N(C)/N=C/c1ccc(O)cc1. The van der Waals surface area contributed by atoms with Gasteiger partial charge in [0.1, 0.15) is 11.5 Å². The van der Waals surface area contributed by atoms with E-state index >= 15 is 0 Å². The molecule has 0 saturated heterocycles. The minimum atomic E-state index is -2.64. The van der Waals surface area contributed by atoms with Crippen LogP contribution in [0.3, 0.4) is 0 Å². The Morgan fingerprint density at radius 1 is 1.06 bits per heavy atom. The van der Waals surface area contributed by atoms with Gasteiger partial charge >= 0.3 is 6.85 Å². The summed E-state index contributed by atoms with van der Waals surface area (Å²) in [5.41, 5.74) is 1.73. The fourth-order valence-electron chi connectivity index (χ4n) is 2.80. The summed E-state index contributed by atoms with van der Waals surface area (Å²) in [7, 11) is 3.51. The molecule has 2 rings (SSSR count). The van der Waals surface area contributed by atoms with Gasteiger partial charge in [0.15, 0.2) is 11.8 Å². The molecule has 0 aliphatic heterocycles. The van der Waals surface area contributed by atoms with Crippen LogP contribution in [0.25, 0.3) is 0 Å². The molecule has 33 heavy (non-hydrogen) atoms. The van der Waals surface area contributed by atoms with E-state index in [1.807, 2.05) is 38.2 Å². The van der Waals surface area contributed by atoms with E-state index in [-0.39, 0.29) is 5.75 Å². The highest BCUT2D eigenvalue weighted by Crippen LogP contribution is 2.59. The molecule has 0 bridgehead atoms. The van der Waals surface area contributed by atoms with Gasteiger partial charge in [-0.15, -0.1) is 9.88 Å². The Morgan fingerprint density at radius 2 is 1.58 bits per heavy atom. The molecule has 2 aromatic carbocycles. The summed E-state index contributed by atoms with van der Waals surface area (Å²) in [6.07, 6.45) is 5.07. The van der Waals surface area contributed by atoms with Crippen molar-refractivity contribution >= 4 is 70.3 Å². The predicted molar refractivity (Wildman–Crippen MR) is 149 cm³/mol. The summed E-state index contributed by atoms with van der Waals surface area (Å²) < 4.78 is 9.58. The van der Waals surface area contributed by atoms with Gasteiger partial charge in [0, 0.05) is 20.4 Å². The molecule has 2 atom stereocenters. The molecule has 0 fully saturated rings. The van der Waals surface area contributed by atoms with Gasteiger partial charge in [0.05, 0.1) is 19.5 Å². The van der Waals surface area contributed by atoms with Gasteiger partial charge in [-0.1, -0.05) is 6.92 Å². The first-order valence-corrected chi connectivity index (χ1v) is 16.9. The Labute approximate surface area is 216 Å². The number of ether oxygens (including phenoxy) is 1. The van der Waals surface area contributed by atoms with Crippen molar-refractivity contribution in [3.05, 3.63) is 59.7 Å². The lowest BCUT2D eigenvalue weighted by Crippen LogP contribution is -2.31. The Morgan fingerprint density at radius 3 is 2.09 bits per heavy atom. The van der Waals surface area contributed by atoms with Crippen LogP contribution in [-0.4, -0.2) is 46.5 Å². The maximum atomic E-state index is 9.42. The zero-order valence-electron chi connectivity index (χ0n) is 18.8. The van der Waals surface area contributed by atoms with Crippen LogP contribution in [0.1, 0.15) is 37.8 Å². The smallest absolute Gasteiger partial charge is 0.358 e. The van der Waals surface area contributed by atoms with Crippen molar-refractivity contribution in [2.24, 2.45) is 10.2 Å². The first kappa shape index (κ1) is 28.0. The van der Waals surface area contributed by atoms with Crippen LogP contribution in [-0.2, 0) is 23.6 Å². The molecule has 2 aromatic rings. The lowest BCUT2D eigenvalue weighted by Gasteiger charge is -2.24. The van der Waals surface area contributed by atoms with Crippen LogP contribution in [0, 0.1) is 0 Å². The number of phenols is 1. The fraction of sp³-hybridized carbons (Fsp3) is 0.333. The summed E-state index contributed by atoms with van der Waals surface area (Å²) in [5, 5.41) is 17.6. The average molecular weight is 564 g/mol. The van der Waals surface area contributed by atoms with E-state index in [9.17, 15) is 5.11 Å². The maximum Gasteiger partial charge on any atom is 0.358 e. The highest BCUT2D eigenvalue weighted by atomic mass is 35.9. The molecule has 2 unspecified atom stereocenters. The van der Waals surface area contributed by atoms with Gasteiger partial charge in [-0.2, -0.15) is 5.10 Å². The Bertz CT molecular complexity index is 1050. The molecule has 0 aliphatic carbocycles. The maximum absolute atomic E-state index is 9.42. The monoisotopic (exact) mass is 563 g/mol. The van der Waals surface area contributed by atoms with Crippen LogP contribution in [0.5, 0.6) is 11.5 Å². The lowest BCUT2D eigenvalue weighted by molar-refractivity contribution is 0.164. The van der Waals surface area contributed by atoms with E-state index in [4.69, 9.17) is 50.8 Å². The quantitative estimate of drug-likeness (QED) is 0.179. The fourth-order valence-corrected chi connectivity index (χ4v) is 5.20. The van der Waals surface area contributed by atoms with E-state index < -0.39 is 17.1 Å². The molecule has 1 N–H and O–H groups in total. The molecular weight excluding hydrogens is 537 g/mol. The minimum Gasteiger partial charge on any atom is -0.508 e. The molecule has 0 spiro atoms. The van der Waals surface area contributed by atoms with Gasteiger partial charge in [-0.25, -0.2) is 4.78 Å². The summed E-state index contributed by atoms with van der Waals surface area (Å²) in [6, 6.07) is 14.4. The van der Waals surface area contributed by atoms with E-state index in [2.05, 4.69) is 17.1 Å². The van der Waals surface area contributed by atoms with Crippen LogP contribution in [0.4, 0.5) is 0 Å². The Hall–Kier alpha value is -1.27. The topological polar surface area (TPSA) is 60.7 Å². The molecule has 0 radical (unpaired) electrons. The molecule has 178 valence electrons. The Balaban J connectivity index is 2.12. The Kier molecular flexibility index (Phi) is 10.5. The first-order valence-electron chi connectivity index (χ1n) is 10.1. The van der Waals surface area contributed by atoms with Gasteiger partial charge in [0.2, 0.25) is 4.89 Å². The number of hydrogen-bond donors (Lipinski definition) is 1. The summed E-state index contributed by atoms with van der Waals surface area (Å²) in [4.78, 5) is -2.64. The predicted octanol–water partition coefficient (Wildman–Crippen LogP) is 7.08. The second kappa shape index (κ2) is 12.4. The van der Waals surface area contributed by atoms with Gasteiger partial charge in [0.25, 0.3) is 5.34 Å². The van der Waals surface area contributed by atoms with Crippen molar-refractivity contribution in [3.8, 4) is 11.5 Å². The van der Waals surface area contributed by atoms with Crippen molar-refractivity contribution in [2.75, 3.05) is 14.1 Å². The number of benzene rings is 2. The summed E-state index contributed by atoms with van der Waals surface area (Å²) >= 11 is 22.8. The average Bonchev–Trinajstić information content (AvgIpc) is 2.76. The normalized spacial score (nSPS) is 14.3. The summed E-state index contributed by atoms with van der Waals surface area (Å²) in [5.74, 6) is 0.928. The number of hydrogen-bond acceptors (Lipinski definition) is 6. The van der Waals surface area contributed by atoms with E-state index in [0.717, 1.165) is 24.0 Å². The highest BCUT2D eigenvalue weighted by Gasteiger charge is 2.45. The molecule has 0 aliphatic rings. The number of halogens is 2. The van der Waals surface area contributed by atoms with Crippen LogP contribution in [0.15, 0.2) is 58.7 Å². The van der Waals surface area contributed by atoms with Crippen LogP contribution >= 0.6 is 34.2 Å². The van der Waals surface area contributed by atoms with Crippen molar-refractivity contribution < 1.29 is 9.84 Å². The zero-order chi connectivity index (χ0) is 24.6. The van der Waals surface area contributed by atoms with E-state index in [1.165, 1.54) is 4.78 Å². The van der Waals surface area contributed by atoms with Crippen molar-refractivity contribution in [3.63, 3.8) is 0 Å². The molecule has 0 amide bonds. The second-order valence-corrected chi connectivity index (χ2v) is 18.2. The van der Waals surface area contributed by atoms with Crippen molar-refractivity contribution in [1.29, 1.82) is 0 Å². The molecule has 12 heteroatoms. The molecular formula is C21H27Cl2N4O2P2S2+. The molecule has 0 saturated carbocycles. The van der Waals surface area contributed by atoms with E-state index in [1.54, 1.807) is 48.5 Å². The number of aromatic hydroxyl groups is 1. The van der Waals surface area contributed by atoms with Crippen LogP contribution < -0.4 is 4.74 Å². The third-order valence-corrected chi connectivity index (χ3v) is 11.0. The molecule has 0 aromatic heterocycles. The van der Waals surface area contributed by atoms with Crippen molar-refractivity contribution in [1.82, 2.24) is 9.56 Å². The standard InChI is InChI=1S/C21H26Cl2N4O2P2S2/c1-5-14-21(2,30(32)26(3)24-15-17-6-10-19(28)11-7-17)29-20-12-8-18(9-13-20)16-25-27(4)31(22,23)33/h6-13,15-16H,5,14H2,1-4H3/p+1/b25-16+. The third kappa shape index (κ3) is 8.79. The number of hydrazone groups is 2. The minimum absolute atomic E-state index is 0.215. The second-order valence-electron chi connectivity index (χ2n) is 7.36. The van der Waals surface area contributed by atoms with Crippen molar-refractivity contribution in [2.45, 2.75) is 32.0 Å². The first-order chi connectivity index (χ1) is 15.4. The number of rotatable bonds is 11. The number of nitrogens with zero attached hydrogens (tertiary/aromatic N) is 4. The lowest BCUT2D eigenvalue weighted by atomic mass is 10.2. The zero-order valence-corrected chi connectivity index (χ0v) is 23.7. The third-order valence-electron chi connectivity index (χ3n) is 4.58. The van der Waals surface area contributed by atoms with Gasteiger partial charge in [-0.05, 0) is 100 Å². The highest BCUT2D eigenvalue weighted by molar-refractivity contribution is 8.37. The van der Waals surface area contributed by atoms with Gasteiger partial charge in [-0.3, -0.25) is 0 Å². The van der Waals surface area contributed by atoms with Gasteiger partial charge < -0.3 is 9.84 Å². The molecule has 0 heterocycles. The summed E-state index contributed by atoms with van der Waals surface area (Å²) in [6.45, 7) is 2.95. The largest absolute Gasteiger partial charge is 0.508 e. The van der Waals surface area contributed by atoms with Crippen LogP contribution in [0.2, 0.25) is 0 Å². The molecule has 6 nitrogen and oxygen atoms in total.